The highest BCUT2D eigenvalue weighted by Crippen LogP contribution is 2.09. The topological polar surface area (TPSA) is 41.1 Å². The van der Waals surface area contributed by atoms with Gasteiger partial charge in [0.25, 0.3) is 0 Å². The molecule has 0 aromatic carbocycles. The third-order valence-corrected chi connectivity index (χ3v) is 2.35. The highest BCUT2D eigenvalue weighted by molar-refractivity contribution is 5.78. The van der Waals surface area contributed by atoms with Crippen LogP contribution in [0.2, 0.25) is 0 Å². The van der Waals surface area contributed by atoms with Crippen LogP contribution in [-0.4, -0.2) is 25.5 Å². The molecule has 1 saturated heterocycles. The molecule has 2 N–H and O–H groups in total. The first-order valence-corrected chi connectivity index (χ1v) is 5.18. The molecular weight excluding hydrogens is 164 g/mol. The van der Waals surface area contributed by atoms with Gasteiger partial charge in [-0.15, -0.1) is 0 Å². The van der Waals surface area contributed by atoms with Crippen LogP contribution in [0.1, 0.15) is 26.7 Å². The molecule has 3 nitrogen and oxygen atoms in total. The maximum absolute atomic E-state index is 11.6. The number of carbonyl (C=O) groups is 1. The molecule has 1 aliphatic heterocycles. The second-order valence-electron chi connectivity index (χ2n) is 4.18. The van der Waals surface area contributed by atoms with Gasteiger partial charge in [-0.05, 0) is 25.3 Å². The summed E-state index contributed by atoms with van der Waals surface area (Å²) in [5, 5.41) is 6.22. The van der Waals surface area contributed by atoms with Gasteiger partial charge in [0, 0.05) is 13.1 Å². The molecule has 0 saturated carbocycles. The summed E-state index contributed by atoms with van der Waals surface area (Å²) in [5.74, 6) is 0.967. The number of rotatable bonds is 3. The van der Waals surface area contributed by atoms with Crippen LogP contribution in [0.3, 0.4) is 0 Å². The lowest BCUT2D eigenvalue weighted by Crippen LogP contribution is -2.41. The minimum atomic E-state index is 0.201. The Labute approximate surface area is 80.3 Å². The number of piperidine rings is 1. The summed E-state index contributed by atoms with van der Waals surface area (Å²) in [5.41, 5.74) is 0. The van der Waals surface area contributed by atoms with Crippen LogP contribution in [0.5, 0.6) is 0 Å². The monoisotopic (exact) mass is 184 g/mol. The van der Waals surface area contributed by atoms with E-state index in [0.717, 1.165) is 32.5 Å². The first-order valence-electron chi connectivity index (χ1n) is 5.18. The van der Waals surface area contributed by atoms with Crippen LogP contribution in [0, 0.1) is 11.8 Å². The maximum atomic E-state index is 11.6. The van der Waals surface area contributed by atoms with Crippen molar-refractivity contribution in [3.63, 3.8) is 0 Å². The van der Waals surface area contributed by atoms with Crippen molar-refractivity contribution < 1.29 is 4.79 Å². The SMILES string of the molecule is CC(C)CNC(=O)[C@@H]1CCCNC1. The zero-order chi connectivity index (χ0) is 9.68. The van der Waals surface area contributed by atoms with Crippen molar-refractivity contribution in [2.45, 2.75) is 26.7 Å². The minimum absolute atomic E-state index is 0.201. The first-order chi connectivity index (χ1) is 6.20. The molecule has 0 bridgehead atoms. The van der Waals surface area contributed by atoms with Gasteiger partial charge < -0.3 is 10.6 Å². The van der Waals surface area contributed by atoms with Crippen molar-refractivity contribution >= 4 is 5.91 Å². The Hall–Kier alpha value is -0.570. The summed E-state index contributed by atoms with van der Waals surface area (Å²) in [4.78, 5) is 11.6. The van der Waals surface area contributed by atoms with Gasteiger partial charge in [-0.1, -0.05) is 13.8 Å². The van der Waals surface area contributed by atoms with E-state index in [2.05, 4.69) is 24.5 Å². The quantitative estimate of drug-likeness (QED) is 0.680. The van der Waals surface area contributed by atoms with Gasteiger partial charge in [0.2, 0.25) is 5.91 Å². The van der Waals surface area contributed by atoms with E-state index in [1.54, 1.807) is 0 Å². The van der Waals surface area contributed by atoms with Gasteiger partial charge >= 0.3 is 0 Å². The number of nitrogens with one attached hydrogen (secondary N) is 2. The fraction of sp³-hybridized carbons (Fsp3) is 0.900. The summed E-state index contributed by atoms with van der Waals surface area (Å²) < 4.78 is 0. The molecule has 0 unspecified atom stereocenters. The van der Waals surface area contributed by atoms with E-state index < -0.39 is 0 Å². The summed E-state index contributed by atoms with van der Waals surface area (Å²) in [7, 11) is 0. The van der Waals surface area contributed by atoms with Crippen LogP contribution in [0.4, 0.5) is 0 Å². The minimum Gasteiger partial charge on any atom is -0.356 e. The van der Waals surface area contributed by atoms with Crippen molar-refractivity contribution in [2.24, 2.45) is 11.8 Å². The van der Waals surface area contributed by atoms with Crippen molar-refractivity contribution in [3.8, 4) is 0 Å². The Morgan fingerprint density at radius 1 is 1.62 bits per heavy atom. The van der Waals surface area contributed by atoms with E-state index in [-0.39, 0.29) is 11.8 Å². The van der Waals surface area contributed by atoms with Gasteiger partial charge in [0.15, 0.2) is 0 Å². The van der Waals surface area contributed by atoms with E-state index in [0.29, 0.717) is 5.92 Å². The Morgan fingerprint density at radius 3 is 2.92 bits per heavy atom. The van der Waals surface area contributed by atoms with Crippen molar-refractivity contribution in [1.82, 2.24) is 10.6 Å². The molecule has 1 atom stereocenters. The molecule has 3 heteroatoms. The number of amides is 1. The summed E-state index contributed by atoms with van der Waals surface area (Å²) in [6, 6.07) is 0. The molecule has 0 aromatic rings. The van der Waals surface area contributed by atoms with Crippen molar-refractivity contribution in [1.29, 1.82) is 0 Å². The van der Waals surface area contributed by atoms with Gasteiger partial charge in [-0.3, -0.25) is 4.79 Å². The fourth-order valence-electron chi connectivity index (χ4n) is 1.52. The third-order valence-electron chi connectivity index (χ3n) is 2.35. The zero-order valence-electron chi connectivity index (χ0n) is 8.60. The Balaban J connectivity index is 2.21. The first kappa shape index (κ1) is 10.5. The largest absolute Gasteiger partial charge is 0.356 e. The second-order valence-corrected chi connectivity index (χ2v) is 4.18. The van der Waals surface area contributed by atoms with Crippen molar-refractivity contribution in [3.05, 3.63) is 0 Å². The molecule has 1 heterocycles. The molecule has 1 fully saturated rings. The molecule has 1 aliphatic rings. The molecular formula is C10H20N2O. The number of hydrogen-bond donors (Lipinski definition) is 2. The van der Waals surface area contributed by atoms with E-state index >= 15 is 0 Å². The molecule has 76 valence electrons. The van der Waals surface area contributed by atoms with Crippen LogP contribution >= 0.6 is 0 Å². The van der Waals surface area contributed by atoms with Gasteiger partial charge in [-0.25, -0.2) is 0 Å². The van der Waals surface area contributed by atoms with Gasteiger partial charge in [0.1, 0.15) is 0 Å². The third kappa shape index (κ3) is 3.77. The van der Waals surface area contributed by atoms with E-state index in [1.165, 1.54) is 0 Å². The van der Waals surface area contributed by atoms with E-state index in [4.69, 9.17) is 0 Å². The number of hydrogen-bond acceptors (Lipinski definition) is 2. The molecule has 13 heavy (non-hydrogen) atoms. The Kier molecular flexibility index (Phi) is 4.22. The number of carbonyl (C=O) groups excluding carboxylic acids is 1. The summed E-state index contributed by atoms with van der Waals surface area (Å²) >= 11 is 0. The van der Waals surface area contributed by atoms with Gasteiger partial charge in [-0.2, -0.15) is 0 Å². The maximum Gasteiger partial charge on any atom is 0.224 e. The Bertz CT molecular complexity index is 162. The zero-order valence-corrected chi connectivity index (χ0v) is 8.60. The summed E-state index contributed by atoms with van der Waals surface area (Å²) in [6.45, 7) is 6.94. The lowest BCUT2D eigenvalue weighted by atomic mass is 9.99. The lowest BCUT2D eigenvalue weighted by molar-refractivity contribution is -0.125. The smallest absolute Gasteiger partial charge is 0.224 e. The van der Waals surface area contributed by atoms with E-state index in [9.17, 15) is 4.79 Å². The average molecular weight is 184 g/mol. The van der Waals surface area contributed by atoms with Crippen LogP contribution in [-0.2, 0) is 4.79 Å². The van der Waals surface area contributed by atoms with Gasteiger partial charge in [0.05, 0.1) is 5.92 Å². The molecule has 0 spiro atoms. The fourth-order valence-corrected chi connectivity index (χ4v) is 1.52. The Morgan fingerprint density at radius 2 is 2.38 bits per heavy atom. The molecule has 0 aromatic heterocycles. The molecule has 1 rings (SSSR count). The lowest BCUT2D eigenvalue weighted by Gasteiger charge is -2.22. The highest BCUT2D eigenvalue weighted by Gasteiger charge is 2.20. The van der Waals surface area contributed by atoms with Crippen molar-refractivity contribution in [2.75, 3.05) is 19.6 Å². The van der Waals surface area contributed by atoms with Crippen LogP contribution in [0.15, 0.2) is 0 Å². The average Bonchev–Trinajstić information content (AvgIpc) is 2.15. The molecule has 0 aliphatic carbocycles. The van der Waals surface area contributed by atoms with Crippen LogP contribution in [0.25, 0.3) is 0 Å². The van der Waals surface area contributed by atoms with Crippen LogP contribution < -0.4 is 10.6 Å². The highest BCUT2D eigenvalue weighted by atomic mass is 16.1. The molecule has 1 amide bonds. The van der Waals surface area contributed by atoms with E-state index in [1.807, 2.05) is 0 Å². The molecule has 0 radical (unpaired) electrons. The standard InChI is InChI=1S/C10H20N2O/c1-8(2)6-12-10(13)9-4-3-5-11-7-9/h8-9,11H,3-7H2,1-2H3,(H,12,13)/t9-/m1/s1. The summed E-state index contributed by atoms with van der Waals surface area (Å²) in [6.07, 6.45) is 2.16. The predicted molar refractivity (Wildman–Crippen MR) is 53.4 cm³/mol. The predicted octanol–water partition coefficient (Wildman–Crippen LogP) is 0.758. The second kappa shape index (κ2) is 5.22. The normalized spacial score (nSPS) is 23.2.